The number of rotatable bonds is 2. The van der Waals surface area contributed by atoms with Crippen LogP contribution in [0, 0.1) is 0 Å². The average molecular weight is 273 g/mol. The molecule has 4 rings (SSSR count). The SMILES string of the molecule is c1cc2cc(O[C@@H]3C[C@H]4CCC[C@@H](C3)N4)ccc2s1. The molecule has 3 heteroatoms. The fraction of sp³-hybridized carbons (Fsp3) is 0.500. The first-order valence-electron chi connectivity index (χ1n) is 7.27. The summed E-state index contributed by atoms with van der Waals surface area (Å²) in [5.74, 6) is 1.04. The van der Waals surface area contributed by atoms with Crippen LogP contribution < -0.4 is 10.1 Å². The van der Waals surface area contributed by atoms with Crippen molar-refractivity contribution in [3.8, 4) is 5.75 Å². The fourth-order valence-electron chi connectivity index (χ4n) is 3.52. The maximum Gasteiger partial charge on any atom is 0.120 e. The predicted octanol–water partition coefficient (Wildman–Crippen LogP) is 3.95. The van der Waals surface area contributed by atoms with Gasteiger partial charge in [0.15, 0.2) is 0 Å². The Balaban J connectivity index is 1.51. The van der Waals surface area contributed by atoms with E-state index in [0.717, 1.165) is 18.6 Å². The Morgan fingerprint density at radius 3 is 2.79 bits per heavy atom. The number of nitrogens with one attached hydrogen (secondary N) is 1. The maximum atomic E-state index is 6.23. The van der Waals surface area contributed by atoms with Crippen LogP contribution in [0.2, 0.25) is 0 Å². The maximum absolute atomic E-state index is 6.23. The lowest BCUT2D eigenvalue weighted by Gasteiger charge is -2.40. The Morgan fingerprint density at radius 2 is 1.95 bits per heavy atom. The van der Waals surface area contributed by atoms with Gasteiger partial charge in [0.25, 0.3) is 0 Å². The molecular weight excluding hydrogens is 254 g/mol. The molecule has 1 aromatic heterocycles. The summed E-state index contributed by atoms with van der Waals surface area (Å²) < 4.78 is 7.58. The molecule has 2 fully saturated rings. The second kappa shape index (κ2) is 4.80. The lowest BCUT2D eigenvalue weighted by molar-refractivity contribution is 0.0928. The molecule has 0 saturated carbocycles. The third kappa shape index (κ3) is 2.37. The van der Waals surface area contributed by atoms with Gasteiger partial charge in [0.2, 0.25) is 0 Å². The van der Waals surface area contributed by atoms with Gasteiger partial charge in [0.1, 0.15) is 11.9 Å². The summed E-state index contributed by atoms with van der Waals surface area (Å²) in [6.45, 7) is 0. The van der Waals surface area contributed by atoms with E-state index in [-0.39, 0.29) is 0 Å². The number of piperidine rings is 2. The van der Waals surface area contributed by atoms with Crippen LogP contribution in [0.15, 0.2) is 29.6 Å². The molecule has 0 unspecified atom stereocenters. The van der Waals surface area contributed by atoms with Crippen molar-refractivity contribution in [1.29, 1.82) is 0 Å². The van der Waals surface area contributed by atoms with Crippen molar-refractivity contribution in [3.63, 3.8) is 0 Å². The van der Waals surface area contributed by atoms with Gasteiger partial charge in [0.05, 0.1) is 0 Å². The molecule has 3 heterocycles. The first-order valence-corrected chi connectivity index (χ1v) is 8.15. The van der Waals surface area contributed by atoms with Crippen LogP contribution in [0.3, 0.4) is 0 Å². The topological polar surface area (TPSA) is 21.3 Å². The van der Waals surface area contributed by atoms with Gasteiger partial charge in [-0.15, -0.1) is 11.3 Å². The standard InChI is InChI=1S/C16H19NOS/c1-2-12-9-15(10-13(3-1)17-12)18-14-4-5-16-11(8-14)6-7-19-16/h4-8,12-13,15,17H,1-3,9-10H2/t12-,13+,15-. The van der Waals surface area contributed by atoms with E-state index in [9.17, 15) is 0 Å². The van der Waals surface area contributed by atoms with E-state index in [4.69, 9.17) is 4.74 Å². The number of hydrogen-bond donors (Lipinski definition) is 1. The summed E-state index contributed by atoms with van der Waals surface area (Å²) >= 11 is 1.79. The van der Waals surface area contributed by atoms with Gasteiger partial charge in [-0.05, 0) is 60.7 Å². The van der Waals surface area contributed by atoms with Gasteiger partial charge in [-0.1, -0.05) is 6.42 Å². The molecule has 2 saturated heterocycles. The summed E-state index contributed by atoms with van der Waals surface area (Å²) in [5, 5.41) is 7.16. The monoisotopic (exact) mass is 273 g/mol. The van der Waals surface area contributed by atoms with Crippen molar-refractivity contribution in [2.45, 2.75) is 50.3 Å². The molecular formula is C16H19NOS. The van der Waals surface area contributed by atoms with Crippen molar-refractivity contribution in [3.05, 3.63) is 29.6 Å². The zero-order valence-corrected chi connectivity index (χ0v) is 11.8. The van der Waals surface area contributed by atoms with Crippen molar-refractivity contribution in [1.82, 2.24) is 5.32 Å². The van der Waals surface area contributed by atoms with Gasteiger partial charge in [0, 0.05) is 16.8 Å². The first kappa shape index (κ1) is 11.7. The number of hydrogen-bond acceptors (Lipinski definition) is 3. The third-order valence-electron chi connectivity index (χ3n) is 4.40. The smallest absolute Gasteiger partial charge is 0.120 e. The molecule has 1 N–H and O–H groups in total. The van der Waals surface area contributed by atoms with E-state index in [1.807, 2.05) is 0 Å². The van der Waals surface area contributed by atoms with Gasteiger partial charge in [-0.2, -0.15) is 0 Å². The van der Waals surface area contributed by atoms with Crippen LogP contribution in [0.4, 0.5) is 0 Å². The Kier molecular flexibility index (Phi) is 2.97. The lowest BCUT2D eigenvalue weighted by atomic mass is 9.85. The Labute approximate surface area is 117 Å². The quantitative estimate of drug-likeness (QED) is 0.894. The highest BCUT2D eigenvalue weighted by atomic mass is 32.1. The summed E-state index contributed by atoms with van der Waals surface area (Å²) in [4.78, 5) is 0. The van der Waals surface area contributed by atoms with E-state index < -0.39 is 0 Å². The van der Waals surface area contributed by atoms with E-state index >= 15 is 0 Å². The van der Waals surface area contributed by atoms with Crippen LogP contribution >= 0.6 is 11.3 Å². The van der Waals surface area contributed by atoms with E-state index in [1.54, 1.807) is 11.3 Å². The van der Waals surface area contributed by atoms with Crippen molar-refractivity contribution in [2.24, 2.45) is 0 Å². The zero-order valence-electron chi connectivity index (χ0n) is 11.0. The van der Waals surface area contributed by atoms with Crippen LogP contribution in [0.1, 0.15) is 32.1 Å². The molecule has 0 radical (unpaired) electrons. The molecule has 0 aliphatic carbocycles. The molecule has 100 valence electrons. The summed E-state index contributed by atoms with van der Waals surface area (Å²) in [7, 11) is 0. The fourth-order valence-corrected chi connectivity index (χ4v) is 4.29. The van der Waals surface area contributed by atoms with Crippen LogP contribution in [-0.4, -0.2) is 18.2 Å². The average Bonchev–Trinajstić information content (AvgIpc) is 2.85. The number of fused-ring (bicyclic) bond motifs is 3. The molecule has 2 aliphatic rings. The molecule has 19 heavy (non-hydrogen) atoms. The van der Waals surface area contributed by atoms with Gasteiger partial charge in [-0.25, -0.2) is 0 Å². The molecule has 2 aliphatic heterocycles. The Bertz CT molecular complexity index is 567. The first-order chi connectivity index (χ1) is 9.37. The highest BCUT2D eigenvalue weighted by Crippen LogP contribution is 2.30. The second-order valence-electron chi connectivity index (χ2n) is 5.82. The Hall–Kier alpha value is -1.06. The summed E-state index contributed by atoms with van der Waals surface area (Å²) in [5.41, 5.74) is 0. The van der Waals surface area contributed by atoms with E-state index in [2.05, 4.69) is 35.0 Å². The van der Waals surface area contributed by atoms with Crippen LogP contribution in [-0.2, 0) is 0 Å². The van der Waals surface area contributed by atoms with Gasteiger partial charge < -0.3 is 10.1 Å². The minimum atomic E-state index is 0.396. The minimum absolute atomic E-state index is 0.396. The highest BCUT2D eigenvalue weighted by molar-refractivity contribution is 7.17. The van der Waals surface area contributed by atoms with Gasteiger partial charge in [-0.3, -0.25) is 0 Å². The third-order valence-corrected chi connectivity index (χ3v) is 5.30. The number of ether oxygens (including phenoxy) is 1. The van der Waals surface area contributed by atoms with Crippen molar-refractivity contribution >= 4 is 21.4 Å². The number of benzene rings is 1. The summed E-state index contributed by atoms with van der Waals surface area (Å²) in [6, 6.07) is 10.0. The minimum Gasteiger partial charge on any atom is -0.490 e. The number of thiophene rings is 1. The van der Waals surface area contributed by atoms with Crippen molar-refractivity contribution < 1.29 is 4.74 Å². The molecule has 0 spiro atoms. The molecule has 0 amide bonds. The van der Waals surface area contributed by atoms with Crippen LogP contribution in [0.25, 0.3) is 10.1 Å². The predicted molar refractivity (Wildman–Crippen MR) is 80.0 cm³/mol. The highest BCUT2D eigenvalue weighted by Gasteiger charge is 2.32. The molecule has 1 aromatic carbocycles. The Morgan fingerprint density at radius 1 is 1.11 bits per heavy atom. The van der Waals surface area contributed by atoms with E-state index in [1.165, 1.54) is 29.3 Å². The molecule has 2 aromatic rings. The normalized spacial score (nSPS) is 30.4. The lowest BCUT2D eigenvalue weighted by Crippen LogP contribution is -2.51. The molecule has 2 bridgehead atoms. The summed E-state index contributed by atoms with van der Waals surface area (Å²) in [6.07, 6.45) is 6.75. The molecule has 3 atom stereocenters. The van der Waals surface area contributed by atoms with Crippen molar-refractivity contribution in [2.75, 3.05) is 0 Å². The van der Waals surface area contributed by atoms with E-state index in [0.29, 0.717) is 18.2 Å². The van der Waals surface area contributed by atoms with Gasteiger partial charge >= 0.3 is 0 Å². The second-order valence-corrected chi connectivity index (χ2v) is 6.77. The zero-order chi connectivity index (χ0) is 12.7. The van der Waals surface area contributed by atoms with Crippen LogP contribution in [0.5, 0.6) is 5.75 Å². The largest absolute Gasteiger partial charge is 0.490 e. The molecule has 2 nitrogen and oxygen atoms in total.